The number of aliphatic hydroxyl groups excluding tert-OH is 1. The van der Waals surface area contributed by atoms with Gasteiger partial charge in [0.1, 0.15) is 11.3 Å². The molecule has 2 aliphatic rings. The van der Waals surface area contributed by atoms with Crippen molar-refractivity contribution in [1.29, 1.82) is 0 Å². The molecule has 0 spiro atoms. The maximum absolute atomic E-state index is 12.8. The molecular formula is C21H23NO5. The van der Waals surface area contributed by atoms with Crippen LogP contribution in [0, 0.1) is 6.92 Å². The Labute approximate surface area is 157 Å². The van der Waals surface area contributed by atoms with Gasteiger partial charge in [-0.3, -0.25) is 4.79 Å². The first-order valence-electron chi connectivity index (χ1n) is 9.33. The lowest BCUT2D eigenvalue weighted by atomic mass is 9.95. The van der Waals surface area contributed by atoms with E-state index >= 15 is 0 Å². The van der Waals surface area contributed by atoms with Crippen molar-refractivity contribution in [1.82, 2.24) is 5.32 Å². The molecule has 4 rings (SSSR count). The molecule has 1 saturated heterocycles. The second kappa shape index (κ2) is 7.29. The van der Waals surface area contributed by atoms with Gasteiger partial charge in [0.15, 0.2) is 0 Å². The van der Waals surface area contributed by atoms with E-state index in [1.54, 1.807) is 13.0 Å². The fraction of sp³-hybridized carbons (Fsp3) is 0.429. The van der Waals surface area contributed by atoms with Gasteiger partial charge >= 0.3 is 5.63 Å². The summed E-state index contributed by atoms with van der Waals surface area (Å²) in [5.41, 5.74) is 1.86. The first-order chi connectivity index (χ1) is 13.0. The number of amides is 1. The molecule has 142 valence electrons. The monoisotopic (exact) mass is 369 g/mol. The highest BCUT2D eigenvalue weighted by Gasteiger charge is 2.33. The van der Waals surface area contributed by atoms with Crippen LogP contribution < -0.4 is 10.9 Å². The van der Waals surface area contributed by atoms with Gasteiger partial charge in [-0.1, -0.05) is 24.3 Å². The summed E-state index contributed by atoms with van der Waals surface area (Å²) in [4.78, 5) is 25.3. The van der Waals surface area contributed by atoms with Gasteiger partial charge in [0.25, 0.3) is 5.91 Å². The standard InChI is InChI=1S/C21H23NO5/c1-12-10-17(13-6-8-26-9-7-13)27-21(25)18(12)20(24)22-19-15-5-3-2-4-14(15)11-16(19)23/h2-5,10,13,16,19,23H,6-9,11H2,1H3,(H,22,24)/t16-,19+/m0/s1. The smallest absolute Gasteiger partial charge is 0.349 e. The van der Waals surface area contributed by atoms with E-state index in [0.29, 0.717) is 31.0 Å². The molecule has 2 N–H and O–H groups in total. The highest BCUT2D eigenvalue weighted by molar-refractivity contribution is 5.95. The minimum Gasteiger partial charge on any atom is -0.427 e. The highest BCUT2D eigenvalue weighted by Crippen LogP contribution is 2.32. The molecular weight excluding hydrogens is 346 g/mol. The van der Waals surface area contributed by atoms with E-state index in [2.05, 4.69) is 5.32 Å². The lowest BCUT2D eigenvalue weighted by molar-refractivity contribution is 0.0791. The number of carbonyl (C=O) groups excluding carboxylic acids is 1. The minimum absolute atomic E-state index is 0.00221. The number of benzene rings is 1. The Kier molecular flexibility index (Phi) is 4.85. The Morgan fingerprint density at radius 2 is 1.96 bits per heavy atom. The van der Waals surface area contributed by atoms with Crippen LogP contribution >= 0.6 is 0 Å². The zero-order valence-electron chi connectivity index (χ0n) is 15.2. The maximum atomic E-state index is 12.8. The Morgan fingerprint density at radius 1 is 1.22 bits per heavy atom. The van der Waals surface area contributed by atoms with E-state index in [4.69, 9.17) is 9.15 Å². The van der Waals surface area contributed by atoms with Crippen molar-refractivity contribution in [2.45, 2.75) is 44.2 Å². The van der Waals surface area contributed by atoms with Crippen molar-refractivity contribution in [3.63, 3.8) is 0 Å². The van der Waals surface area contributed by atoms with Crippen LogP contribution in [0.25, 0.3) is 0 Å². The molecule has 6 nitrogen and oxygen atoms in total. The molecule has 0 saturated carbocycles. The Hall–Kier alpha value is -2.44. The summed E-state index contributed by atoms with van der Waals surface area (Å²) in [5, 5.41) is 13.1. The Balaban J connectivity index is 1.58. The van der Waals surface area contributed by atoms with Crippen molar-refractivity contribution in [3.05, 3.63) is 68.8 Å². The van der Waals surface area contributed by atoms with Gasteiger partial charge in [-0.25, -0.2) is 4.79 Å². The third kappa shape index (κ3) is 3.42. The molecule has 1 amide bonds. The molecule has 1 aromatic carbocycles. The summed E-state index contributed by atoms with van der Waals surface area (Å²) >= 11 is 0. The van der Waals surface area contributed by atoms with Crippen molar-refractivity contribution < 1.29 is 19.1 Å². The first-order valence-corrected chi connectivity index (χ1v) is 9.33. The minimum atomic E-state index is -0.708. The molecule has 6 heteroatoms. The largest absolute Gasteiger partial charge is 0.427 e. The van der Waals surface area contributed by atoms with Gasteiger partial charge in [-0.05, 0) is 42.5 Å². The van der Waals surface area contributed by atoms with Crippen LogP contribution in [0.4, 0.5) is 0 Å². The number of fused-ring (bicyclic) bond motifs is 1. The number of hydrogen-bond acceptors (Lipinski definition) is 5. The van der Waals surface area contributed by atoms with Crippen LogP contribution in [0.2, 0.25) is 0 Å². The molecule has 2 heterocycles. The molecule has 1 aliphatic carbocycles. The first kappa shape index (κ1) is 17.9. The van der Waals surface area contributed by atoms with Crippen LogP contribution in [0.5, 0.6) is 0 Å². The predicted molar refractivity (Wildman–Crippen MR) is 98.9 cm³/mol. The third-order valence-electron chi connectivity index (χ3n) is 5.51. The lowest BCUT2D eigenvalue weighted by Gasteiger charge is -2.22. The zero-order valence-corrected chi connectivity index (χ0v) is 15.2. The molecule has 1 aliphatic heterocycles. The predicted octanol–water partition coefficient (Wildman–Crippen LogP) is 2.23. The van der Waals surface area contributed by atoms with Gasteiger partial charge in [0.05, 0.1) is 12.1 Å². The van der Waals surface area contributed by atoms with E-state index in [1.165, 1.54) is 0 Å². The molecule has 0 unspecified atom stereocenters. The summed E-state index contributed by atoms with van der Waals surface area (Å²) < 4.78 is 10.8. The Bertz CT molecular complexity index is 913. The van der Waals surface area contributed by atoms with Crippen LogP contribution in [-0.2, 0) is 11.2 Å². The average molecular weight is 369 g/mol. The number of rotatable bonds is 3. The molecule has 27 heavy (non-hydrogen) atoms. The van der Waals surface area contributed by atoms with Crippen LogP contribution in [0.1, 0.15) is 57.6 Å². The van der Waals surface area contributed by atoms with Crippen molar-refractivity contribution in [3.8, 4) is 0 Å². The van der Waals surface area contributed by atoms with E-state index in [9.17, 15) is 14.7 Å². The summed E-state index contributed by atoms with van der Waals surface area (Å²) in [6.07, 6.45) is 1.38. The van der Waals surface area contributed by atoms with Gasteiger partial charge in [-0.2, -0.15) is 0 Å². The number of carbonyl (C=O) groups is 1. The van der Waals surface area contributed by atoms with Gasteiger partial charge in [-0.15, -0.1) is 0 Å². The molecule has 2 atom stereocenters. The lowest BCUT2D eigenvalue weighted by Crippen LogP contribution is -2.36. The fourth-order valence-corrected chi connectivity index (χ4v) is 4.05. The quantitative estimate of drug-likeness (QED) is 0.866. The molecule has 0 bridgehead atoms. The van der Waals surface area contributed by atoms with Crippen molar-refractivity contribution in [2.24, 2.45) is 0 Å². The Morgan fingerprint density at radius 3 is 2.70 bits per heavy atom. The second-order valence-electron chi connectivity index (χ2n) is 7.30. The van der Waals surface area contributed by atoms with Gasteiger partial charge in [0, 0.05) is 25.6 Å². The zero-order chi connectivity index (χ0) is 19.0. The SMILES string of the molecule is Cc1cc(C2CCOCC2)oc(=O)c1C(=O)N[C@@H]1c2ccccc2C[C@@H]1O. The van der Waals surface area contributed by atoms with E-state index in [1.807, 2.05) is 24.3 Å². The molecule has 2 aromatic rings. The van der Waals surface area contributed by atoms with Crippen LogP contribution in [-0.4, -0.2) is 30.3 Å². The number of ether oxygens (including phenoxy) is 1. The van der Waals surface area contributed by atoms with Crippen LogP contribution in [0.3, 0.4) is 0 Å². The number of aliphatic hydroxyl groups is 1. The van der Waals surface area contributed by atoms with E-state index in [0.717, 1.165) is 24.0 Å². The maximum Gasteiger partial charge on any atom is 0.349 e. The average Bonchev–Trinajstić information content (AvgIpc) is 2.97. The van der Waals surface area contributed by atoms with Gasteiger partial charge < -0.3 is 19.6 Å². The normalized spacial score (nSPS) is 22.4. The van der Waals surface area contributed by atoms with Gasteiger partial charge in [0.2, 0.25) is 0 Å². The number of nitrogens with one attached hydrogen (secondary N) is 1. The van der Waals surface area contributed by atoms with E-state index in [-0.39, 0.29) is 11.5 Å². The van der Waals surface area contributed by atoms with E-state index < -0.39 is 23.7 Å². The number of hydrogen-bond donors (Lipinski definition) is 2. The van der Waals surface area contributed by atoms with Crippen LogP contribution in [0.15, 0.2) is 39.5 Å². The van der Waals surface area contributed by atoms with Crippen molar-refractivity contribution >= 4 is 5.91 Å². The summed E-state index contributed by atoms with van der Waals surface area (Å²) in [7, 11) is 0. The summed E-state index contributed by atoms with van der Waals surface area (Å²) in [6.45, 7) is 3.04. The van der Waals surface area contributed by atoms with Crippen molar-refractivity contribution in [2.75, 3.05) is 13.2 Å². The third-order valence-corrected chi connectivity index (χ3v) is 5.51. The molecule has 1 aromatic heterocycles. The fourth-order valence-electron chi connectivity index (χ4n) is 4.05. The second-order valence-corrected chi connectivity index (χ2v) is 7.30. The summed E-state index contributed by atoms with van der Waals surface area (Å²) in [5.74, 6) is 0.245. The molecule has 1 fully saturated rings. The topological polar surface area (TPSA) is 88.8 Å². The summed E-state index contributed by atoms with van der Waals surface area (Å²) in [6, 6.07) is 8.86. The number of aryl methyl sites for hydroxylation is 1. The highest BCUT2D eigenvalue weighted by atomic mass is 16.5. The molecule has 0 radical (unpaired) electrons.